The van der Waals surface area contributed by atoms with E-state index in [4.69, 9.17) is 0 Å². The Hall–Kier alpha value is -3.53. The van der Waals surface area contributed by atoms with Crippen LogP contribution in [0.3, 0.4) is 0 Å². The van der Waals surface area contributed by atoms with E-state index in [0.29, 0.717) is 36.6 Å². The number of hydrogen-bond acceptors (Lipinski definition) is 4. The number of nitrogens with zero attached hydrogens (tertiary/aromatic N) is 3. The average Bonchev–Trinajstić information content (AvgIpc) is 2.83. The van der Waals surface area contributed by atoms with Gasteiger partial charge in [0.1, 0.15) is 11.7 Å². The normalized spacial score (nSPS) is 23.0. The zero-order chi connectivity index (χ0) is 26.2. The van der Waals surface area contributed by atoms with Crippen LogP contribution < -0.4 is 10.2 Å². The summed E-state index contributed by atoms with van der Waals surface area (Å²) in [5.74, 6) is -4.43. The van der Waals surface area contributed by atoms with Gasteiger partial charge in [-0.3, -0.25) is 14.5 Å². The Balaban J connectivity index is 1.76. The molecular weight excluding hydrogens is 476 g/mol. The maximum Gasteiger partial charge on any atom is 0.414 e. The van der Waals surface area contributed by atoms with Gasteiger partial charge in [-0.1, -0.05) is 30.3 Å². The first-order chi connectivity index (χ1) is 17.0. The largest absolute Gasteiger partial charge is 0.414 e. The van der Waals surface area contributed by atoms with Crippen molar-refractivity contribution in [2.24, 2.45) is 10.9 Å². The van der Waals surface area contributed by atoms with Gasteiger partial charge in [-0.2, -0.15) is 13.2 Å². The molecular formula is C26H26F4N4O2. The van der Waals surface area contributed by atoms with Crippen LogP contribution in [0.5, 0.6) is 0 Å². The minimum Gasteiger partial charge on any atom is -0.367 e. The molecule has 1 N–H and O–H groups in total. The number of aliphatic imine (C=N–C) groups is 1. The molecule has 0 spiro atoms. The number of piperazine rings is 1. The number of nitrogens with one attached hydrogen (secondary N) is 1. The summed E-state index contributed by atoms with van der Waals surface area (Å²) in [4.78, 5) is 32.1. The summed E-state index contributed by atoms with van der Waals surface area (Å²) in [6, 6.07) is 11.6. The number of carbonyl (C=O) groups excluding carboxylic acids is 2. The second kappa shape index (κ2) is 9.85. The van der Waals surface area contributed by atoms with E-state index in [1.165, 1.54) is 12.1 Å². The Morgan fingerprint density at radius 1 is 1.08 bits per heavy atom. The van der Waals surface area contributed by atoms with Gasteiger partial charge in [-0.15, -0.1) is 0 Å². The fourth-order valence-electron chi connectivity index (χ4n) is 4.53. The summed E-state index contributed by atoms with van der Waals surface area (Å²) in [7, 11) is 1.99. The number of carbonyl (C=O) groups is 2. The van der Waals surface area contributed by atoms with Crippen LogP contribution in [-0.4, -0.2) is 61.3 Å². The van der Waals surface area contributed by atoms with Gasteiger partial charge in [0.15, 0.2) is 0 Å². The molecule has 0 aliphatic carbocycles. The summed E-state index contributed by atoms with van der Waals surface area (Å²) in [6.07, 6.45) is -3.87. The van der Waals surface area contributed by atoms with E-state index >= 15 is 4.39 Å². The van der Waals surface area contributed by atoms with Gasteiger partial charge in [0.25, 0.3) is 5.91 Å². The SMILES string of the molecule is C[C@@H]1CN(c2cc(F)c(-c3ccccc3)cc2NC(=O)C2C=NC(=O)C=C2C(F)(F)F)C[C@H](C)N1C. The van der Waals surface area contributed by atoms with E-state index in [0.717, 1.165) is 0 Å². The summed E-state index contributed by atoms with van der Waals surface area (Å²) in [6.45, 7) is 5.10. The predicted molar refractivity (Wildman–Crippen MR) is 130 cm³/mol. The molecule has 36 heavy (non-hydrogen) atoms. The van der Waals surface area contributed by atoms with Crippen LogP contribution in [0.15, 0.2) is 59.1 Å². The Morgan fingerprint density at radius 3 is 2.33 bits per heavy atom. The quantitative estimate of drug-likeness (QED) is 0.617. The lowest BCUT2D eigenvalue weighted by molar-refractivity contribution is -0.124. The first-order valence-electron chi connectivity index (χ1n) is 11.5. The maximum atomic E-state index is 15.3. The highest BCUT2D eigenvalue weighted by Crippen LogP contribution is 2.38. The van der Waals surface area contributed by atoms with Crippen molar-refractivity contribution in [3.05, 3.63) is 59.9 Å². The average molecular weight is 503 g/mol. The Labute approximate surface area is 206 Å². The molecule has 3 atom stereocenters. The van der Waals surface area contributed by atoms with Crippen LogP contribution in [0.2, 0.25) is 0 Å². The lowest BCUT2D eigenvalue weighted by Gasteiger charge is -2.44. The minimum absolute atomic E-state index is 0.116. The topological polar surface area (TPSA) is 65.0 Å². The lowest BCUT2D eigenvalue weighted by Crippen LogP contribution is -2.55. The standard InChI is InChI=1S/C26H26F4N4O2/c1-15-13-34(14-16(2)33(15)3)23-11-21(27)18(17-7-5-4-6-8-17)9-22(23)32-25(36)19-12-31-24(35)10-20(19)26(28,29)30/h4-12,15-16,19H,13-14H2,1-3H3,(H,32,36)/t15-,16+,19?. The van der Waals surface area contributed by atoms with Gasteiger partial charge in [0.05, 0.1) is 16.9 Å². The molecule has 0 bridgehead atoms. The monoisotopic (exact) mass is 502 g/mol. The van der Waals surface area contributed by atoms with Crippen LogP contribution in [-0.2, 0) is 9.59 Å². The first kappa shape index (κ1) is 25.6. The number of halogens is 4. The molecule has 10 heteroatoms. The number of alkyl halides is 3. The third-order valence-corrected chi connectivity index (χ3v) is 6.70. The van der Waals surface area contributed by atoms with Gasteiger partial charge in [-0.25, -0.2) is 9.38 Å². The van der Waals surface area contributed by atoms with Gasteiger partial charge in [0.2, 0.25) is 5.91 Å². The van der Waals surface area contributed by atoms with Crippen molar-refractivity contribution in [3.63, 3.8) is 0 Å². The smallest absolute Gasteiger partial charge is 0.367 e. The number of rotatable bonds is 4. The van der Waals surface area contributed by atoms with Crippen molar-refractivity contribution >= 4 is 29.4 Å². The number of benzene rings is 2. The molecule has 2 heterocycles. The number of likely N-dealkylation sites (N-methyl/N-ethyl adjacent to an activating group) is 1. The summed E-state index contributed by atoms with van der Waals surface area (Å²) in [5.41, 5.74) is 0.000302. The van der Waals surface area contributed by atoms with Crippen LogP contribution in [0.1, 0.15) is 13.8 Å². The van der Waals surface area contributed by atoms with Crippen molar-refractivity contribution in [1.29, 1.82) is 0 Å². The van der Waals surface area contributed by atoms with E-state index in [9.17, 15) is 22.8 Å². The highest BCUT2D eigenvalue weighted by atomic mass is 19.4. The molecule has 2 aliphatic heterocycles. The molecule has 1 fully saturated rings. The minimum atomic E-state index is -4.90. The first-order valence-corrected chi connectivity index (χ1v) is 11.5. The lowest BCUT2D eigenvalue weighted by atomic mass is 9.95. The molecule has 2 aromatic carbocycles. The third kappa shape index (κ3) is 5.18. The van der Waals surface area contributed by atoms with E-state index in [1.807, 2.05) is 25.8 Å². The van der Waals surface area contributed by atoms with E-state index in [2.05, 4.69) is 15.2 Å². The third-order valence-electron chi connectivity index (χ3n) is 6.70. The number of dihydropyridines is 1. The van der Waals surface area contributed by atoms with Crippen LogP contribution in [0.25, 0.3) is 11.1 Å². The number of anilines is 2. The van der Waals surface area contributed by atoms with Crippen LogP contribution in [0.4, 0.5) is 28.9 Å². The molecule has 190 valence electrons. The molecule has 0 aromatic heterocycles. The zero-order valence-electron chi connectivity index (χ0n) is 20.0. The fourth-order valence-corrected chi connectivity index (χ4v) is 4.53. The van der Waals surface area contributed by atoms with E-state index in [-0.39, 0.29) is 23.3 Å². The summed E-state index contributed by atoms with van der Waals surface area (Å²) < 4.78 is 56.0. The van der Waals surface area contributed by atoms with Crippen molar-refractivity contribution in [2.45, 2.75) is 32.1 Å². The van der Waals surface area contributed by atoms with Crippen molar-refractivity contribution in [3.8, 4) is 11.1 Å². The number of amides is 2. The Kier molecular flexibility index (Phi) is 6.99. The fraction of sp³-hybridized carbons (Fsp3) is 0.346. The van der Waals surface area contributed by atoms with Crippen molar-refractivity contribution in [1.82, 2.24) is 4.90 Å². The van der Waals surface area contributed by atoms with Gasteiger partial charge in [-0.05, 0) is 38.6 Å². The molecule has 6 nitrogen and oxygen atoms in total. The maximum absolute atomic E-state index is 15.3. The van der Waals surface area contributed by atoms with Crippen LogP contribution in [0, 0.1) is 11.7 Å². The Morgan fingerprint density at radius 2 is 1.72 bits per heavy atom. The van der Waals surface area contributed by atoms with Crippen molar-refractivity contribution in [2.75, 3.05) is 30.4 Å². The molecule has 0 radical (unpaired) electrons. The highest BCUT2D eigenvalue weighted by molar-refractivity contribution is 6.11. The second-order valence-electron chi connectivity index (χ2n) is 9.16. The van der Waals surface area contributed by atoms with Gasteiger partial charge in [0, 0.05) is 43.0 Å². The van der Waals surface area contributed by atoms with Gasteiger partial charge < -0.3 is 10.2 Å². The van der Waals surface area contributed by atoms with E-state index in [1.54, 1.807) is 30.3 Å². The van der Waals surface area contributed by atoms with Gasteiger partial charge >= 0.3 is 6.18 Å². The molecule has 4 rings (SSSR count). The second-order valence-corrected chi connectivity index (χ2v) is 9.16. The molecule has 0 saturated carbocycles. The van der Waals surface area contributed by atoms with Crippen molar-refractivity contribution < 1.29 is 27.2 Å². The highest BCUT2D eigenvalue weighted by Gasteiger charge is 2.43. The Bertz CT molecular complexity index is 1210. The molecule has 2 aliphatic rings. The predicted octanol–water partition coefficient (Wildman–Crippen LogP) is 4.68. The summed E-state index contributed by atoms with van der Waals surface area (Å²) in [5, 5.41) is 2.57. The van der Waals surface area contributed by atoms with Crippen LogP contribution >= 0.6 is 0 Å². The van der Waals surface area contributed by atoms with E-state index < -0.39 is 35.3 Å². The number of hydrogen-bond donors (Lipinski definition) is 1. The molecule has 2 amide bonds. The molecule has 2 aromatic rings. The molecule has 1 unspecified atom stereocenters. The summed E-state index contributed by atoms with van der Waals surface area (Å²) >= 11 is 0. The molecule has 1 saturated heterocycles. The zero-order valence-corrected chi connectivity index (χ0v) is 20.0.